The molecular formula is C10H14ClN3O2. The molecule has 0 fully saturated rings. The lowest BCUT2D eigenvalue weighted by Gasteiger charge is -2.24. The second-order valence-electron chi connectivity index (χ2n) is 4.15. The standard InChI is InChI=1S/C10H14ClN3O2/c1-10(2,14-9(15)16)4-3-7-5-12-6-8(11)13-7/h5-6,14H,3-4H2,1-2H3,(H,15,16). The van der Waals surface area contributed by atoms with Crippen molar-refractivity contribution in [2.24, 2.45) is 0 Å². The summed E-state index contributed by atoms with van der Waals surface area (Å²) in [5.41, 5.74) is 0.267. The SMILES string of the molecule is CC(C)(CCc1cncc(Cl)n1)NC(=O)O. The quantitative estimate of drug-likeness (QED) is 0.849. The van der Waals surface area contributed by atoms with E-state index in [4.69, 9.17) is 16.7 Å². The first-order chi connectivity index (χ1) is 7.39. The van der Waals surface area contributed by atoms with Crippen molar-refractivity contribution in [1.82, 2.24) is 15.3 Å². The lowest BCUT2D eigenvalue weighted by Crippen LogP contribution is -2.42. The minimum atomic E-state index is -1.03. The molecule has 6 heteroatoms. The van der Waals surface area contributed by atoms with Crippen LogP contribution in [0.5, 0.6) is 0 Å². The lowest BCUT2D eigenvalue weighted by molar-refractivity contribution is 0.180. The molecule has 0 bridgehead atoms. The van der Waals surface area contributed by atoms with E-state index in [9.17, 15) is 4.79 Å². The Morgan fingerprint density at radius 2 is 2.25 bits per heavy atom. The van der Waals surface area contributed by atoms with Crippen LogP contribution in [0.25, 0.3) is 0 Å². The molecule has 1 amide bonds. The maximum atomic E-state index is 10.5. The number of hydrogen-bond donors (Lipinski definition) is 2. The summed E-state index contributed by atoms with van der Waals surface area (Å²) in [7, 11) is 0. The average Bonchev–Trinajstić information content (AvgIpc) is 2.13. The number of carbonyl (C=O) groups is 1. The first kappa shape index (κ1) is 12.7. The molecule has 1 aromatic heterocycles. The summed E-state index contributed by atoms with van der Waals surface area (Å²) in [6.07, 6.45) is 3.33. The molecule has 0 spiro atoms. The van der Waals surface area contributed by atoms with Crippen LogP contribution >= 0.6 is 11.6 Å². The van der Waals surface area contributed by atoms with Gasteiger partial charge in [0.25, 0.3) is 0 Å². The Morgan fingerprint density at radius 3 is 2.81 bits per heavy atom. The summed E-state index contributed by atoms with van der Waals surface area (Å²) < 4.78 is 0. The van der Waals surface area contributed by atoms with Gasteiger partial charge < -0.3 is 10.4 Å². The molecule has 88 valence electrons. The molecule has 0 unspecified atom stereocenters. The molecule has 0 saturated carbocycles. The van der Waals surface area contributed by atoms with Gasteiger partial charge in [-0.3, -0.25) is 4.98 Å². The fourth-order valence-electron chi connectivity index (χ4n) is 1.29. The summed E-state index contributed by atoms with van der Waals surface area (Å²) in [5, 5.41) is 11.4. The average molecular weight is 244 g/mol. The first-order valence-electron chi connectivity index (χ1n) is 4.86. The van der Waals surface area contributed by atoms with E-state index in [0.717, 1.165) is 5.69 Å². The molecule has 1 aromatic rings. The Kier molecular flexibility index (Phi) is 4.06. The number of hydrogen-bond acceptors (Lipinski definition) is 3. The van der Waals surface area contributed by atoms with Gasteiger partial charge in [0.1, 0.15) is 5.15 Å². The first-order valence-corrected chi connectivity index (χ1v) is 5.24. The third-order valence-electron chi connectivity index (χ3n) is 2.11. The second kappa shape index (κ2) is 5.12. The predicted molar refractivity (Wildman–Crippen MR) is 60.6 cm³/mol. The van der Waals surface area contributed by atoms with Gasteiger partial charge in [-0.15, -0.1) is 0 Å². The highest BCUT2D eigenvalue weighted by atomic mass is 35.5. The van der Waals surface area contributed by atoms with Crippen LogP contribution in [0.2, 0.25) is 5.15 Å². The zero-order valence-electron chi connectivity index (χ0n) is 9.20. The Hall–Kier alpha value is -1.36. The van der Waals surface area contributed by atoms with Crippen molar-refractivity contribution in [3.63, 3.8) is 0 Å². The molecule has 0 aliphatic rings. The van der Waals surface area contributed by atoms with Crippen molar-refractivity contribution in [3.05, 3.63) is 23.2 Å². The van der Waals surface area contributed by atoms with E-state index >= 15 is 0 Å². The van der Waals surface area contributed by atoms with Gasteiger partial charge in [-0.05, 0) is 26.7 Å². The molecule has 0 radical (unpaired) electrons. The van der Waals surface area contributed by atoms with E-state index in [2.05, 4.69) is 15.3 Å². The Balaban J connectivity index is 2.54. The molecule has 0 saturated heterocycles. The van der Waals surface area contributed by atoms with Crippen LogP contribution < -0.4 is 5.32 Å². The van der Waals surface area contributed by atoms with Crippen molar-refractivity contribution in [1.29, 1.82) is 0 Å². The van der Waals surface area contributed by atoms with Crippen molar-refractivity contribution in [2.75, 3.05) is 0 Å². The van der Waals surface area contributed by atoms with Gasteiger partial charge in [-0.25, -0.2) is 9.78 Å². The van der Waals surface area contributed by atoms with Gasteiger partial charge in [0, 0.05) is 11.7 Å². The highest BCUT2D eigenvalue weighted by Crippen LogP contribution is 2.13. The van der Waals surface area contributed by atoms with Crippen LogP contribution in [0.3, 0.4) is 0 Å². The minimum Gasteiger partial charge on any atom is -0.465 e. The molecule has 2 N–H and O–H groups in total. The lowest BCUT2D eigenvalue weighted by atomic mass is 9.98. The largest absolute Gasteiger partial charge is 0.465 e. The summed E-state index contributed by atoms with van der Waals surface area (Å²) in [4.78, 5) is 18.5. The number of amides is 1. The molecule has 0 aromatic carbocycles. The molecule has 16 heavy (non-hydrogen) atoms. The Morgan fingerprint density at radius 1 is 1.56 bits per heavy atom. The molecule has 1 rings (SSSR count). The summed E-state index contributed by atoms with van der Waals surface area (Å²) in [5.74, 6) is 0. The van der Waals surface area contributed by atoms with E-state index in [1.807, 2.05) is 13.8 Å². The van der Waals surface area contributed by atoms with Crippen molar-refractivity contribution in [3.8, 4) is 0 Å². The number of halogens is 1. The number of nitrogens with one attached hydrogen (secondary N) is 1. The van der Waals surface area contributed by atoms with Crippen LogP contribution in [0, 0.1) is 0 Å². The highest BCUT2D eigenvalue weighted by Gasteiger charge is 2.19. The van der Waals surface area contributed by atoms with E-state index in [0.29, 0.717) is 18.0 Å². The van der Waals surface area contributed by atoms with Gasteiger partial charge in [0.2, 0.25) is 0 Å². The van der Waals surface area contributed by atoms with E-state index in [1.165, 1.54) is 6.20 Å². The molecule has 0 aliphatic heterocycles. The van der Waals surface area contributed by atoms with E-state index < -0.39 is 11.6 Å². The third kappa shape index (κ3) is 4.44. The van der Waals surface area contributed by atoms with E-state index in [-0.39, 0.29) is 0 Å². The molecule has 5 nitrogen and oxygen atoms in total. The topological polar surface area (TPSA) is 75.1 Å². The monoisotopic (exact) mass is 243 g/mol. The fourth-order valence-corrected chi connectivity index (χ4v) is 1.46. The van der Waals surface area contributed by atoms with E-state index in [1.54, 1.807) is 6.20 Å². The zero-order chi connectivity index (χ0) is 12.2. The summed E-state index contributed by atoms with van der Waals surface area (Å²) in [6.45, 7) is 3.64. The van der Waals surface area contributed by atoms with Gasteiger partial charge in [-0.2, -0.15) is 0 Å². The van der Waals surface area contributed by atoms with Gasteiger partial charge in [0.05, 0.1) is 11.9 Å². The molecule has 1 heterocycles. The minimum absolute atomic E-state index is 0.349. The predicted octanol–water partition coefficient (Wildman–Crippen LogP) is 2.11. The van der Waals surface area contributed by atoms with Crippen LogP contribution in [0.4, 0.5) is 4.79 Å². The molecule has 0 aliphatic carbocycles. The smallest absolute Gasteiger partial charge is 0.405 e. The number of carboxylic acid groups (broad SMARTS) is 1. The zero-order valence-corrected chi connectivity index (χ0v) is 9.95. The van der Waals surface area contributed by atoms with Crippen LogP contribution in [0.15, 0.2) is 12.4 Å². The maximum Gasteiger partial charge on any atom is 0.405 e. The maximum absolute atomic E-state index is 10.5. The van der Waals surface area contributed by atoms with Crippen molar-refractivity contribution >= 4 is 17.7 Å². The van der Waals surface area contributed by atoms with Gasteiger partial charge >= 0.3 is 6.09 Å². The number of nitrogens with zero attached hydrogens (tertiary/aromatic N) is 2. The molecule has 0 atom stereocenters. The van der Waals surface area contributed by atoms with Gasteiger partial charge in [0.15, 0.2) is 0 Å². The van der Waals surface area contributed by atoms with Crippen LogP contribution in [-0.4, -0.2) is 26.7 Å². The highest BCUT2D eigenvalue weighted by molar-refractivity contribution is 6.29. The molecular weight excluding hydrogens is 230 g/mol. The third-order valence-corrected chi connectivity index (χ3v) is 2.29. The van der Waals surface area contributed by atoms with Gasteiger partial charge in [-0.1, -0.05) is 11.6 Å². The van der Waals surface area contributed by atoms with Crippen molar-refractivity contribution < 1.29 is 9.90 Å². The van der Waals surface area contributed by atoms with Crippen molar-refractivity contribution in [2.45, 2.75) is 32.2 Å². The van der Waals surface area contributed by atoms with Crippen LogP contribution in [0.1, 0.15) is 26.0 Å². The Bertz CT molecular complexity index is 382. The number of aryl methyl sites for hydroxylation is 1. The fraction of sp³-hybridized carbons (Fsp3) is 0.500. The normalized spacial score (nSPS) is 11.2. The Labute approximate surface area is 98.9 Å². The number of aromatic nitrogens is 2. The summed E-state index contributed by atoms with van der Waals surface area (Å²) in [6, 6.07) is 0. The van der Waals surface area contributed by atoms with Crippen LogP contribution in [-0.2, 0) is 6.42 Å². The number of rotatable bonds is 4. The summed E-state index contributed by atoms with van der Waals surface area (Å²) >= 11 is 5.70. The second-order valence-corrected chi connectivity index (χ2v) is 4.53.